The Morgan fingerprint density at radius 1 is 1.20 bits per heavy atom. The Labute approximate surface area is 150 Å². The minimum atomic E-state index is -0.0818. The zero-order valence-electron chi connectivity index (χ0n) is 14.1. The molecule has 2 aromatic heterocycles. The van der Waals surface area contributed by atoms with Crippen molar-refractivity contribution in [3.05, 3.63) is 54.4 Å². The van der Waals surface area contributed by atoms with Crippen molar-refractivity contribution in [2.24, 2.45) is 0 Å². The number of H-pyrrole nitrogens is 1. The van der Waals surface area contributed by atoms with E-state index in [1.165, 1.54) is 17.3 Å². The predicted octanol–water partition coefficient (Wildman–Crippen LogP) is 3.72. The van der Waals surface area contributed by atoms with Crippen LogP contribution in [0.25, 0.3) is 11.4 Å². The van der Waals surface area contributed by atoms with Gasteiger partial charge in [0.25, 0.3) is 0 Å². The second-order valence-corrected chi connectivity index (χ2v) is 6.80. The van der Waals surface area contributed by atoms with Crippen molar-refractivity contribution in [2.75, 3.05) is 11.1 Å². The van der Waals surface area contributed by atoms with E-state index in [9.17, 15) is 4.79 Å². The maximum atomic E-state index is 12.1. The van der Waals surface area contributed by atoms with Gasteiger partial charge in [0.1, 0.15) is 0 Å². The molecule has 0 spiro atoms. The largest absolute Gasteiger partial charge is 0.325 e. The fourth-order valence-corrected chi connectivity index (χ4v) is 2.83. The number of carbonyl (C=O) groups is 1. The van der Waals surface area contributed by atoms with Crippen molar-refractivity contribution in [1.82, 2.24) is 20.2 Å². The third-order valence-corrected chi connectivity index (χ3v) is 4.47. The summed E-state index contributed by atoms with van der Waals surface area (Å²) >= 11 is 1.31. The average molecular weight is 353 g/mol. The fourth-order valence-electron chi connectivity index (χ4n) is 2.23. The Bertz CT molecular complexity index is 830. The first-order chi connectivity index (χ1) is 12.1. The number of amides is 1. The summed E-state index contributed by atoms with van der Waals surface area (Å²) in [5, 5.41) is 11.6. The lowest BCUT2D eigenvalue weighted by atomic mass is 10.0. The Balaban J connectivity index is 1.53. The van der Waals surface area contributed by atoms with Crippen LogP contribution in [-0.2, 0) is 4.79 Å². The van der Waals surface area contributed by atoms with Gasteiger partial charge in [-0.2, -0.15) is 0 Å². The number of nitrogens with one attached hydrogen (secondary N) is 2. The fraction of sp³-hybridized carbons (Fsp3) is 0.222. The van der Waals surface area contributed by atoms with Crippen molar-refractivity contribution in [1.29, 1.82) is 0 Å². The van der Waals surface area contributed by atoms with E-state index < -0.39 is 0 Å². The van der Waals surface area contributed by atoms with Gasteiger partial charge in [-0.05, 0) is 35.7 Å². The highest BCUT2D eigenvalue weighted by atomic mass is 32.2. The zero-order chi connectivity index (χ0) is 17.6. The summed E-state index contributed by atoms with van der Waals surface area (Å²) in [6.07, 6.45) is 3.41. The van der Waals surface area contributed by atoms with Gasteiger partial charge in [0.05, 0.1) is 5.75 Å². The number of rotatable bonds is 6. The van der Waals surface area contributed by atoms with Crippen molar-refractivity contribution >= 4 is 23.4 Å². The van der Waals surface area contributed by atoms with E-state index in [1.807, 2.05) is 36.4 Å². The molecule has 0 unspecified atom stereocenters. The van der Waals surface area contributed by atoms with E-state index in [2.05, 4.69) is 39.3 Å². The molecule has 7 heteroatoms. The maximum absolute atomic E-state index is 12.1. The van der Waals surface area contributed by atoms with Gasteiger partial charge in [-0.25, -0.2) is 0 Å². The van der Waals surface area contributed by atoms with Crippen LogP contribution in [0.3, 0.4) is 0 Å². The predicted molar refractivity (Wildman–Crippen MR) is 99.5 cm³/mol. The number of hydrogen-bond donors (Lipinski definition) is 2. The Kier molecular flexibility index (Phi) is 5.45. The Hall–Kier alpha value is -2.67. The summed E-state index contributed by atoms with van der Waals surface area (Å²) in [6, 6.07) is 11.6. The molecular formula is C18H19N5OS. The first-order valence-corrected chi connectivity index (χ1v) is 8.96. The summed E-state index contributed by atoms with van der Waals surface area (Å²) in [5.74, 6) is 1.29. The van der Waals surface area contributed by atoms with Crippen LogP contribution in [-0.4, -0.2) is 31.8 Å². The van der Waals surface area contributed by atoms with Crippen molar-refractivity contribution in [3.63, 3.8) is 0 Å². The van der Waals surface area contributed by atoms with Gasteiger partial charge in [-0.3, -0.25) is 9.78 Å². The normalized spacial score (nSPS) is 10.8. The minimum absolute atomic E-state index is 0.0818. The number of anilines is 1. The lowest BCUT2D eigenvalue weighted by Gasteiger charge is -2.08. The van der Waals surface area contributed by atoms with Gasteiger partial charge in [0, 0.05) is 23.6 Å². The molecule has 128 valence electrons. The lowest BCUT2D eigenvalue weighted by molar-refractivity contribution is -0.113. The molecule has 0 radical (unpaired) electrons. The van der Waals surface area contributed by atoms with Crippen LogP contribution < -0.4 is 5.32 Å². The number of nitrogens with zero attached hydrogens (tertiary/aromatic N) is 3. The van der Waals surface area contributed by atoms with Crippen LogP contribution in [0.4, 0.5) is 5.69 Å². The summed E-state index contributed by atoms with van der Waals surface area (Å²) in [6.45, 7) is 4.28. The molecule has 0 fully saturated rings. The standard InChI is InChI=1S/C18H19N5OS/c1-12(2)13-5-7-15(8-6-13)20-16(24)11-25-18-21-17(22-23-18)14-4-3-9-19-10-14/h3-10,12H,11H2,1-2H3,(H,20,24)(H,21,22,23). The summed E-state index contributed by atoms with van der Waals surface area (Å²) in [4.78, 5) is 19.2. The lowest BCUT2D eigenvalue weighted by Crippen LogP contribution is -2.14. The molecule has 1 aromatic carbocycles. The van der Waals surface area contributed by atoms with Crippen LogP contribution in [0, 0.1) is 0 Å². The van der Waals surface area contributed by atoms with Gasteiger partial charge in [-0.15, -0.1) is 10.2 Å². The highest BCUT2D eigenvalue weighted by Crippen LogP contribution is 2.20. The molecule has 0 aliphatic rings. The first-order valence-electron chi connectivity index (χ1n) is 7.97. The van der Waals surface area contributed by atoms with Crippen molar-refractivity contribution in [3.8, 4) is 11.4 Å². The SMILES string of the molecule is CC(C)c1ccc(NC(=O)CSc2nnc(-c3cccnc3)[nH]2)cc1. The number of hydrogen-bond acceptors (Lipinski definition) is 5. The van der Waals surface area contributed by atoms with Crippen LogP contribution in [0.15, 0.2) is 53.9 Å². The quantitative estimate of drug-likeness (QED) is 0.660. The molecule has 0 aliphatic heterocycles. The number of carbonyl (C=O) groups excluding carboxylic acids is 1. The second kappa shape index (κ2) is 7.94. The molecular weight excluding hydrogens is 334 g/mol. The average Bonchev–Trinajstić information content (AvgIpc) is 3.10. The van der Waals surface area contributed by atoms with E-state index in [0.717, 1.165) is 11.3 Å². The van der Waals surface area contributed by atoms with Gasteiger partial charge in [-0.1, -0.05) is 37.7 Å². The number of aromatic amines is 1. The van der Waals surface area contributed by atoms with Crippen LogP contribution in [0.2, 0.25) is 0 Å². The third-order valence-electron chi connectivity index (χ3n) is 3.60. The molecule has 0 bridgehead atoms. The van der Waals surface area contributed by atoms with Gasteiger partial charge >= 0.3 is 0 Å². The monoisotopic (exact) mass is 353 g/mol. The van der Waals surface area contributed by atoms with Crippen molar-refractivity contribution in [2.45, 2.75) is 24.9 Å². The van der Waals surface area contributed by atoms with Gasteiger partial charge < -0.3 is 10.3 Å². The third kappa shape index (κ3) is 4.67. The molecule has 25 heavy (non-hydrogen) atoms. The molecule has 2 N–H and O–H groups in total. The molecule has 0 atom stereocenters. The highest BCUT2D eigenvalue weighted by molar-refractivity contribution is 7.99. The number of benzene rings is 1. The molecule has 0 aliphatic carbocycles. The Morgan fingerprint density at radius 2 is 2.00 bits per heavy atom. The zero-order valence-corrected chi connectivity index (χ0v) is 14.9. The van der Waals surface area contributed by atoms with E-state index >= 15 is 0 Å². The smallest absolute Gasteiger partial charge is 0.234 e. The van der Waals surface area contributed by atoms with Crippen LogP contribution >= 0.6 is 11.8 Å². The topological polar surface area (TPSA) is 83.6 Å². The molecule has 3 aromatic rings. The Morgan fingerprint density at radius 3 is 2.68 bits per heavy atom. The molecule has 1 amide bonds. The van der Waals surface area contributed by atoms with Crippen LogP contribution in [0.1, 0.15) is 25.3 Å². The second-order valence-electron chi connectivity index (χ2n) is 5.83. The van der Waals surface area contributed by atoms with Crippen LogP contribution in [0.5, 0.6) is 0 Å². The highest BCUT2D eigenvalue weighted by Gasteiger charge is 2.09. The molecule has 6 nitrogen and oxygen atoms in total. The molecule has 2 heterocycles. The van der Waals surface area contributed by atoms with E-state index in [4.69, 9.17) is 0 Å². The van der Waals surface area contributed by atoms with E-state index in [0.29, 0.717) is 16.9 Å². The van der Waals surface area contributed by atoms with Gasteiger partial charge in [0.2, 0.25) is 5.91 Å². The summed E-state index contributed by atoms with van der Waals surface area (Å²) in [5.41, 5.74) is 2.90. The molecule has 0 saturated carbocycles. The van der Waals surface area contributed by atoms with E-state index in [-0.39, 0.29) is 11.7 Å². The number of aromatic nitrogens is 4. The summed E-state index contributed by atoms with van der Waals surface area (Å²) < 4.78 is 0. The van der Waals surface area contributed by atoms with Gasteiger partial charge in [0.15, 0.2) is 11.0 Å². The summed E-state index contributed by atoms with van der Waals surface area (Å²) in [7, 11) is 0. The maximum Gasteiger partial charge on any atom is 0.234 e. The van der Waals surface area contributed by atoms with E-state index in [1.54, 1.807) is 12.4 Å². The minimum Gasteiger partial charge on any atom is -0.325 e. The number of thioether (sulfide) groups is 1. The number of pyridine rings is 1. The molecule has 3 rings (SSSR count). The molecule has 0 saturated heterocycles. The first kappa shape index (κ1) is 17.2. The van der Waals surface area contributed by atoms with Crippen molar-refractivity contribution < 1.29 is 4.79 Å².